The van der Waals surface area contributed by atoms with E-state index in [4.69, 9.17) is 4.74 Å². The molecule has 0 radical (unpaired) electrons. The van der Waals surface area contributed by atoms with E-state index in [0.29, 0.717) is 13.0 Å². The summed E-state index contributed by atoms with van der Waals surface area (Å²) < 4.78 is 45.9. The van der Waals surface area contributed by atoms with Crippen LogP contribution in [-0.4, -0.2) is 25.1 Å². The number of para-hydroxylation sites is 2. The molecule has 0 heterocycles. The number of halogens is 3. The van der Waals surface area contributed by atoms with E-state index in [0.717, 1.165) is 6.54 Å². The third-order valence-electron chi connectivity index (χ3n) is 2.31. The molecule has 3 nitrogen and oxygen atoms in total. The van der Waals surface area contributed by atoms with Crippen LogP contribution in [0.1, 0.15) is 27.2 Å². The first-order valence-corrected chi connectivity index (χ1v) is 6.40. The molecule has 0 fully saturated rings. The maximum Gasteiger partial charge on any atom is 0.573 e. The highest BCUT2D eigenvalue weighted by Crippen LogP contribution is 2.31. The Hall–Kier alpha value is -1.43. The molecular formula is C14H20F3NO2. The summed E-state index contributed by atoms with van der Waals surface area (Å²) >= 11 is 0. The molecule has 0 saturated heterocycles. The second kappa shape index (κ2) is 6.83. The number of ether oxygens (including phenoxy) is 2. The molecule has 0 aromatic heterocycles. The largest absolute Gasteiger partial charge is 0.573 e. The summed E-state index contributed by atoms with van der Waals surface area (Å²) in [5.41, 5.74) is 0.0112. The molecule has 0 amide bonds. The van der Waals surface area contributed by atoms with Crippen molar-refractivity contribution in [1.82, 2.24) is 5.32 Å². The lowest BCUT2D eigenvalue weighted by molar-refractivity contribution is -0.275. The molecule has 0 aliphatic rings. The zero-order valence-electron chi connectivity index (χ0n) is 11.9. The summed E-state index contributed by atoms with van der Waals surface area (Å²) in [6, 6.07) is 5.76. The van der Waals surface area contributed by atoms with Crippen molar-refractivity contribution < 1.29 is 22.6 Å². The van der Waals surface area contributed by atoms with Gasteiger partial charge in [-0.05, 0) is 45.9 Å². The predicted molar refractivity (Wildman–Crippen MR) is 71.0 cm³/mol. The Morgan fingerprint density at radius 1 is 1.05 bits per heavy atom. The Labute approximate surface area is 117 Å². The van der Waals surface area contributed by atoms with E-state index < -0.39 is 6.36 Å². The van der Waals surface area contributed by atoms with Gasteiger partial charge in [0.2, 0.25) is 0 Å². The first-order chi connectivity index (χ1) is 9.17. The van der Waals surface area contributed by atoms with Crippen LogP contribution >= 0.6 is 0 Å². The molecule has 1 rings (SSSR count). The van der Waals surface area contributed by atoms with Crippen LogP contribution in [0.2, 0.25) is 0 Å². The fourth-order valence-corrected chi connectivity index (χ4v) is 1.50. The minimum absolute atomic E-state index is 0.0112. The van der Waals surface area contributed by atoms with Gasteiger partial charge in [-0.2, -0.15) is 0 Å². The van der Waals surface area contributed by atoms with Crippen LogP contribution in [-0.2, 0) is 0 Å². The summed E-state index contributed by atoms with van der Waals surface area (Å²) in [5.74, 6) is -0.218. The fraction of sp³-hybridized carbons (Fsp3) is 0.571. The van der Waals surface area contributed by atoms with Crippen molar-refractivity contribution in [3.8, 4) is 11.5 Å². The van der Waals surface area contributed by atoms with E-state index >= 15 is 0 Å². The molecule has 0 bridgehead atoms. The van der Waals surface area contributed by atoms with Crippen LogP contribution in [0, 0.1) is 0 Å². The van der Waals surface area contributed by atoms with Crippen LogP contribution in [0.4, 0.5) is 13.2 Å². The highest BCUT2D eigenvalue weighted by Gasteiger charge is 2.32. The molecule has 0 spiro atoms. The van der Waals surface area contributed by atoms with Crippen molar-refractivity contribution in [2.24, 2.45) is 0 Å². The highest BCUT2D eigenvalue weighted by atomic mass is 19.4. The molecule has 0 saturated carbocycles. The standard InChI is InChI=1S/C14H20F3NO2/c1-13(2,3)18-9-6-10-19-11-7-4-5-8-12(11)20-14(15,16)17/h4-5,7-8,18H,6,9-10H2,1-3H3. The van der Waals surface area contributed by atoms with Gasteiger partial charge in [-0.1, -0.05) is 12.1 Å². The van der Waals surface area contributed by atoms with Crippen molar-refractivity contribution in [2.75, 3.05) is 13.2 Å². The number of hydrogen-bond donors (Lipinski definition) is 1. The van der Waals surface area contributed by atoms with Gasteiger partial charge in [-0.15, -0.1) is 13.2 Å². The van der Waals surface area contributed by atoms with Gasteiger partial charge in [0.05, 0.1) is 6.61 Å². The van der Waals surface area contributed by atoms with Gasteiger partial charge >= 0.3 is 6.36 Å². The third-order valence-corrected chi connectivity index (χ3v) is 2.31. The Balaban J connectivity index is 2.44. The lowest BCUT2D eigenvalue weighted by Crippen LogP contribution is -2.36. The van der Waals surface area contributed by atoms with E-state index in [9.17, 15) is 13.2 Å². The summed E-state index contributed by atoms with van der Waals surface area (Å²) in [6.07, 6.45) is -4.02. The molecule has 0 unspecified atom stereocenters. The zero-order valence-corrected chi connectivity index (χ0v) is 11.9. The molecule has 1 aromatic carbocycles. The quantitative estimate of drug-likeness (QED) is 0.810. The Morgan fingerprint density at radius 2 is 1.65 bits per heavy atom. The normalized spacial score (nSPS) is 12.3. The number of rotatable bonds is 6. The molecule has 6 heteroatoms. The number of alkyl halides is 3. The Kier molecular flexibility index (Phi) is 5.68. The van der Waals surface area contributed by atoms with Gasteiger partial charge < -0.3 is 14.8 Å². The third kappa shape index (κ3) is 7.23. The molecule has 0 atom stereocenters. The first kappa shape index (κ1) is 16.6. The van der Waals surface area contributed by atoms with Crippen molar-refractivity contribution in [2.45, 2.75) is 39.1 Å². The van der Waals surface area contributed by atoms with Gasteiger partial charge in [-0.3, -0.25) is 0 Å². The van der Waals surface area contributed by atoms with Crippen LogP contribution in [0.15, 0.2) is 24.3 Å². The fourth-order valence-electron chi connectivity index (χ4n) is 1.50. The number of nitrogens with one attached hydrogen (secondary N) is 1. The van der Waals surface area contributed by atoms with Gasteiger partial charge in [0.15, 0.2) is 11.5 Å². The van der Waals surface area contributed by atoms with Crippen LogP contribution in [0.25, 0.3) is 0 Å². The summed E-state index contributed by atoms with van der Waals surface area (Å²) in [5, 5.41) is 3.27. The van der Waals surface area contributed by atoms with Gasteiger partial charge in [-0.25, -0.2) is 0 Å². The number of hydrogen-bond acceptors (Lipinski definition) is 3. The van der Waals surface area contributed by atoms with Crippen molar-refractivity contribution in [3.63, 3.8) is 0 Å². The maximum atomic E-state index is 12.2. The van der Waals surface area contributed by atoms with Crippen LogP contribution in [0.3, 0.4) is 0 Å². The topological polar surface area (TPSA) is 30.5 Å². The summed E-state index contributed by atoms with van der Waals surface area (Å²) in [6.45, 7) is 7.17. The molecule has 114 valence electrons. The van der Waals surface area contributed by atoms with Gasteiger partial charge in [0.1, 0.15) is 0 Å². The lowest BCUT2D eigenvalue weighted by atomic mass is 10.1. The highest BCUT2D eigenvalue weighted by molar-refractivity contribution is 5.39. The maximum absolute atomic E-state index is 12.2. The Morgan fingerprint density at radius 3 is 2.20 bits per heavy atom. The summed E-state index contributed by atoms with van der Waals surface area (Å²) in [7, 11) is 0. The molecule has 1 N–H and O–H groups in total. The van der Waals surface area contributed by atoms with Gasteiger partial charge in [0.25, 0.3) is 0 Å². The van der Waals surface area contributed by atoms with E-state index in [2.05, 4.69) is 10.1 Å². The van der Waals surface area contributed by atoms with E-state index in [1.165, 1.54) is 18.2 Å². The van der Waals surface area contributed by atoms with Crippen LogP contribution in [0.5, 0.6) is 11.5 Å². The molecule has 20 heavy (non-hydrogen) atoms. The minimum atomic E-state index is -4.72. The van der Waals surface area contributed by atoms with Crippen molar-refractivity contribution >= 4 is 0 Å². The van der Waals surface area contributed by atoms with Gasteiger partial charge in [0, 0.05) is 5.54 Å². The second-order valence-electron chi connectivity index (χ2n) is 5.37. The average molecular weight is 291 g/mol. The molecule has 0 aliphatic heterocycles. The molecular weight excluding hydrogens is 271 g/mol. The number of benzene rings is 1. The van der Waals surface area contributed by atoms with Crippen molar-refractivity contribution in [3.05, 3.63) is 24.3 Å². The Bertz CT molecular complexity index is 414. The second-order valence-corrected chi connectivity index (χ2v) is 5.37. The predicted octanol–water partition coefficient (Wildman–Crippen LogP) is 3.74. The van der Waals surface area contributed by atoms with E-state index in [1.807, 2.05) is 20.8 Å². The first-order valence-electron chi connectivity index (χ1n) is 6.40. The smallest absolute Gasteiger partial charge is 0.490 e. The molecule has 0 aliphatic carbocycles. The lowest BCUT2D eigenvalue weighted by Gasteiger charge is -2.20. The van der Waals surface area contributed by atoms with Crippen LogP contribution < -0.4 is 14.8 Å². The summed E-state index contributed by atoms with van der Waals surface area (Å²) in [4.78, 5) is 0. The minimum Gasteiger partial charge on any atom is -0.490 e. The van der Waals surface area contributed by atoms with Crippen molar-refractivity contribution in [1.29, 1.82) is 0 Å². The SMILES string of the molecule is CC(C)(C)NCCCOc1ccccc1OC(F)(F)F. The average Bonchev–Trinajstić information content (AvgIpc) is 2.27. The monoisotopic (exact) mass is 291 g/mol. The van der Waals surface area contributed by atoms with E-state index in [-0.39, 0.29) is 17.0 Å². The van der Waals surface area contributed by atoms with E-state index in [1.54, 1.807) is 6.07 Å². The molecule has 1 aromatic rings. The zero-order chi connectivity index (χ0) is 15.2.